The average Bonchev–Trinajstić information content (AvgIpc) is 1.88. The van der Waals surface area contributed by atoms with Gasteiger partial charge in [0.2, 0.25) is 5.56 Å². The van der Waals surface area contributed by atoms with Gasteiger partial charge in [0.25, 0.3) is 0 Å². The summed E-state index contributed by atoms with van der Waals surface area (Å²) in [6, 6.07) is 3.04. The summed E-state index contributed by atoms with van der Waals surface area (Å²) in [5.74, 6) is 2.35. The number of nitrogens with one attached hydrogen (secondary N) is 1. The third-order valence-corrected chi connectivity index (χ3v) is 0.942. The molecule has 0 aromatic carbocycles. The number of aromatic amines is 1. The van der Waals surface area contributed by atoms with Gasteiger partial charge in [-0.1, -0.05) is 5.92 Å². The summed E-state index contributed by atoms with van der Waals surface area (Å²) in [5, 5.41) is 0. The van der Waals surface area contributed by atoms with E-state index in [4.69, 9.17) is 6.42 Å². The maximum atomic E-state index is 10.5. The number of aromatic nitrogens is 1. The van der Waals surface area contributed by atoms with Crippen LogP contribution in [0.5, 0.6) is 0 Å². The van der Waals surface area contributed by atoms with Gasteiger partial charge in [-0.15, -0.1) is 6.42 Å². The highest BCUT2D eigenvalue weighted by Crippen LogP contribution is 1.85. The fourth-order valence-corrected chi connectivity index (χ4v) is 0.534. The van der Waals surface area contributed by atoms with E-state index in [1.807, 2.05) is 0 Å². The van der Waals surface area contributed by atoms with Crippen molar-refractivity contribution in [3.05, 3.63) is 34.2 Å². The number of hydrogen-bond acceptors (Lipinski definition) is 1. The van der Waals surface area contributed by atoms with E-state index in [1.54, 1.807) is 6.07 Å². The summed E-state index contributed by atoms with van der Waals surface area (Å²) in [6.07, 6.45) is 6.54. The predicted octanol–water partition coefficient (Wildman–Crippen LogP) is 0.356. The van der Waals surface area contributed by atoms with Gasteiger partial charge in [-0.3, -0.25) is 4.79 Å². The van der Waals surface area contributed by atoms with E-state index in [0.29, 0.717) is 5.56 Å². The lowest BCUT2D eigenvalue weighted by molar-refractivity contribution is 1.23. The van der Waals surface area contributed by atoms with Gasteiger partial charge in [0.05, 0.1) is 0 Å². The average molecular weight is 119 g/mol. The van der Waals surface area contributed by atoms with Crippen molar-refractivity contribution < 1.29 is 0 Å². The molecule has 0 amide bonds. The van der Waals surface area contributed by atoms with Crippen molar-refractivity contribution in [2.45, 2.75) is 0 Å². The zero-order chi connectivity index (χ0) is 6.69. The molecule has 0 radical (unpaired) electrons. The Hall–Kier alpha value is -1.49. The number of terminal acetylenes is 1. The molecule has 1 N–H and O–H groups in total. The zero-order valence-electron chi connectivity index (χ0n) is 4.72. The summed E-state index contributed by atoms with van der Waals surface area (Å²) >= 11 is 0. The number of pyridine rings is 1. The second-order valence-electron chi connectivity index (χ2n) is 1.59. The fraction of sp³-hybridized carbons (Fsp3) is 0. The largest absolute Gasteiger partial charge is 0.329 e. The lowest BCUT2D eigenvalue weighted by atomic mass is 10.3. The van der Waals surface area contributed by atoms with Crippen molar-refractivity contribution in [1.29, 1.82) is 0 Å². The Balaban J connectivity index is 3.28. The van der Waals surface area contributed by atoms with Crippen molar-refractivity contribution in [3.63, 3.8) is 0 Å². The van der Waals surface area contributed by atoms with Crippen molar-refractivity contribution in [2.75, 3.05) is 0 Å². The molecule has 2 nitrogen and oxygen atoms in total. The van der Waals surface area contributed by atoms with Gasteiger partial charge in [-0.2, -0.15) is 0 Å². The summed E-state index contributed by atoms with van der Waals surface area (Å²) in [4.78, 5) is 13.0. The Morgan fingerprint density at radius 2 is 2.44 bits per heavy atom. The molecule has 2 heteroatoms. The van der Waals surface area contributed by atoms with Crippen LogP contribution >= 0.6 is 0 Å². The van der Waals surface area contributed by atoms with Crippen LogP contribution in [0.2, 0.25) is 0 Å². The van der Waals surface area contributed by atoms with Crippen molar-refractivity contribution >= 4 is 0 Å². The molecule has 1 aromatic heterocycles. The molecular formula is C7H5NO. The van der Waals surface area contributed by atoms with Crippen LogP contribution in [0.4, 0.5) is 0 Å². The lowest BCUT2D eigenvalue weighted by Crippen LogP contribution is -2.01. The van der Waals surface area contributed by atoms with E-state index in [9.17, 15) is 4.79 Å². The van der Waals surface area contributed by atoms with Crippen LogP contribution in [-0.4, -0.2) is 4.98 Å². The highest BCUT2D eigenvalue weighted by atomic mass is 16.1. The van der Waals surface area contributed by atoms with E-state index < -0.39 is 0 Å². The van der Waals surface area contributed by atoms with Gasteiger partial charge in [0, 0.05) is 17.8 Å². The predicted molar refractivity (Wildman–Crippen MR) is 35.0 cm³/mol. The van der Waals surface area contributed by atoms with E-state index in [2.05, 4.69) is 10.9 Å². The van der Waals surface area contributed by atoms with Crippen molar-refractivity contribution in [2.24, 2.45) is 0 Å². The number of rotatable bonds is 0. The molecular weight excluding hydrogens is 114 g/mol. The zero-order valence-corrected chi connectivity index (χ0v) is 4.72. The first-order chi connectivity index (χ1) is 4.33. The minimum atomic E-state index is -0.162. The molecule has 0 fully saturated rings. The summed E-state index contributed by atoms with van der Waals surface area (Å²) in [6.45, 7) is 0. The molecule has 0 saturated heterocycles. The summed E-state index contributed by atoms with van der Waals surface area (Å²) in [5.41, 5.74) is 0.448. The molecule has 0 aliphatic heterocycles. The number of H-pyrrole nitrogens is 1. The van der Waals surface area contributed by atoms with E-state index in [0.717, 1.165) is 0 Å². The molecule has 1 heterocycles. The first kappa shape index (κ1) is 5.64. The van der Waals surface area contributed by atoms with Gasteiger partial charge >= 0.3 is 0 Å². The number of hydrogen-bond donors (Lipinski definition) is 1. The lowest BCUT2D eigenvalue weighted by Gasteiger charge is -1.83. The fourth-order valence-electron chi connectivity index (χ4n) is 0.534. The Morgan fingerprint density at radius 1 is 1.67 bits per heavy atom. The minimum absolute atomic E-state index is 0.162. The second-order valence-corrected chi connectivity index (χ2v) is 1.59. The molecule has 1 rings (SSSR count). The molecule has 0 aliphatic rings. The second kappa shape index (κ2) is 2.19. The maximum absolute atomic E-state index is 10.5. The SMILES string of the molecule is C#Cc1cc[nH]c(=O)c1. The van der Waals surface area contributed by atoms with Gasteiger partial charge in [-0.25, -0.2) is 0 Å². The van der Waals surface area contributed by atoms with Crippen molar-refractivity contribution in [1.82, 2.24) is 4.98 Å². The van der Waals surface area contributed by atoms with Gasteiger partial charge in [0.1, 0.15) is 0 Å². The molecule has 0 saturated carbocycles. The highest BCUT2D eigenvalue weighted by Gasteiger charge is 1.83. The van der Waals surface area contributed by atoms with Crippen LogP contribution < -0.4 is 5.56 Å². The van der Waals surface area contributed by atoms with Gasteiger partial charge in [0.15, 0.2) is 0 Å². The van der Waals surface area contributed by atoms with E-state index in [-0.39, 0.29) is 5.56 Å². The first-order valence-corrected chi connectivity index (χ1v) is 2.48. The molecule has 0 bridgehead atoms. The molecule has 0 spiro atoms. The maximum Gasteiger partial charge on any atom is 0.249 e. The van der Waals surface area contributed by atoms with Crippen LogP contribution in [0.15, 0.2) is 23.1 Å². The molecule has 44 valence electrons. The first-order valence-electron chi connectivity index (χ1n) is 2.48. The molecule has 1 aromatic rings. The summed E-state index contributed by atoms with van der Waals surface area (Å²) < 4.78 is 0. The monoisotopic (exact) mass is 119 g/mol. The normalized spacial score (nSPS) is 8.33. The van der Waals surface area contributed by atoms with E-state index >= 15 is 0 Å². The van der Waals surface area contributed by atoms with Crippen LogP contribution in [0.25, 0.3) is 0 Å². The van der Waals surface area contributed by atoms with Crippen molar-refractivity contribution in [3.8, 4) is 12.3 Å². The van der Waals surface area contributed by atoms with Crippen LogP contribution in [0.3, 0.4) is 0 Å². The Kier molecular flexibility index (Phi) is 1.37. The molecule has 0 unspecified atom stereocenters. The molecule has 0 atom stereocenters. The van der Waals surface area contributed by atoms with Crippen LogP contribution in [0, 0.1) is 12.3 Å². The van der Waals surface area contributed by atoms with Crippen LogP contribution in [0.1, 0.15) is 5.56 Å². The molecule has 0 aliphatic carbocycles. The highest BCUT2D eigenvalue weighted by molar-refractivity contribution is 5.28. The van der Waals surface area contributed by atoms with E-state index in [1.165, 1.54) is 12.3 Å². The van der Waals surface area contributed by atoms with Crippen LogP contribution in [-0.2, 0) is 0 Å². The van der Waals surface area contributed by atoms with Gasteiger partial charge < -0.3 is 4.98 Å². The topological polar surface area (TPSA) is 32.9 Å². The quantitative estimate of drug-likeness (QED) is 0.491. The Labute approximate surface area is 52.5 Å². The molecule has 9 heavy (non-hydrogen) atoms. The van der Waals surface area contributed by atoms with Gasteiger partial charge in [-0.05, 0) is 6.07 Å². The Morgan fingerprint density at radius 3 is 2.89 bits per heavy atom. The Bertz CT molecular complexity index is 292. The summed E-state index contributed by atoms with van der Waals surface area (Å²) in [7, 11) is 0. The smallest absolute Gasteiger partial charge is 0.249 e. The third kappa shape index (κ3) is 1.20. The minimum Gasteiger partial charge on any atom is -0.329 e. The standard InChI is InChI=1S/C7H5NO/c1-2-6-3-4-8-7(9)5-6/h1,3-5H,(H,8,9). The third-order valence-electron chi connectivity index (χ3n) is 0.942.